The van der Waals surface area contributed by atoms with E-state index in [1.54, 1.807) is 6.07 Å². The van der Waals surface area contributed by atoms with Crippen LogP contribution < -0.4 is 5.73 Å². The van der Waals surface area contributed by atoms with Crippen LogP contribution >= 0.6 is 11.6 Å². The molecule has 0 atom stereocenters. The molecule has 0 aromatic carbocycles. The van der Waals surface area contributed by atoms with Crippen LogP contribution in [0.2, 0.25) is 5.02 Å². The second-order valence-corrected chi connectivity index (χ2v) is 5.36. The molecule has 1 aliphatic rings. The number of likely N-dealkylation sites (tertiary alicyclic amines) is 1. The Bertz CT molecular complexity index is 391. The average molecular weight is 269 g/mol. The van der Waals surface area contributed by atoms with Crippen molar-refractivity contribution in [1.29, 1.82) is 0 Å². The molecule has 0 unspecified atom stereocenters. The summed E-state index contributed by atoms with van der Waals surface area (Å²) in [5, 5.41) is 0.692. The fourth-order valence-electron chi connectivity index (χ4n) is 2.27. The molecule has 2 heterocycles. The van der Waals surface area contributed by atoms with E-state index in [1.807, 2.05) is 6.07 Å². The van der Waals surface area contributed by atoms with Crippen LogP contribution in [-0.2, 0) is 6.54 Å². The first-order valence-corrected chi connectivity index (χ1v) is 6.85. The fourth-order valence-corrected chi connectivity index (χ4v) is 2.43. The summed E-state index contributed by atoms with van der Waals surface area (Å²) in [5.41, 5.74) is 6.54. The van der Waals surface area contributed by atoms with Crippen molar-refractivity contribution >= 4 is 17.4 Å². The summed E-state index contributed by atoms with van der Waals surface area (Å²) in [6.45, 7) is 5.39. The lowest BCUT2D eigenvalue weighted by atomic mass is 10.3. The van der Waals surface area contributed by atoms with Crippen molar-refractivity contribution in [2.24, 2.45) is 0 Å². The standard InChI is InChI=1S/C13H21ClN4/c1-17(8-9-18-6-2-3-7-18)10-12-11(14)4-5-13(15)16-12/h4-5H,2-3,6-10H2,1H3,(H2,15,16). The van der Waals surface area contributed by atoms with Crippen LogP contribution in [0, 0.1) is 0 Å². The number of halogens is 1. The summed E-state index contributed by atoms with van der Waals surface area (Å²) in [6, 6.07) is 3.55. The molecule has 1 fully saturated rings. The maximum Gasteiger partial charge on any atom is 0.123 e. The van der Waals surface area contributed by atoms with Crippen molar-refractivity contribution in [3.63, 3.8) is 0 Å². The Hall–Kier alpha value is -0.840. The molecule has 0 saturated carbocycles. The van der Waals surface area contributed by atoms with E-state index < -0.39 is 0 Å². The Morgan fingerprint density at radius 3 is 2.83 bits per heavy atom. The van der Waals surface area contributed by atoms with E-state index in [0.717, 1.165) is 25.3 Å². The molecule has 5 heteroatoms. The number of nitrogen functional groups attached to an aromatic ring is 1. The first kappa shape index (κ1) is 13.6. The molecule has 0 spiro atoms. The maximum absolute atomic E-state index is 6.11. The molecule has 2 rings (SSSR count). The summed E-state index contributed by atoms with van der Waals surface area (Å²) >= 11 is 6.11. The van der Waals surface area contributed by atoms with Crippen molar-refractivity contribution in [2.75, 3.05) is 39.0 Å². The number of rotatable bonds is 5. The quantitative estimate of drug-likeness (QED) is 0.885. The number of likely N-dealkylation sites (N-methyl/N-ethyl adjacent to an activating group) is 1. The molecule has 18 heavy (non-hydrogen) atoms. The highest BCUT2D eigenvalue weighted by Gasteiger charge is 2.12. The second kappa shape index (κ2) is 6.36. The predicted octanol–water partition coefficient (Wildman–Crippen LogP) is 1.84. The molecule has 0 bridgehead atoms. The van der Waals surface area contributed by atoms with E-state index in [2.05, 4.69) is 21.8 Å². The van der Waals surface area contributed by atoms with Crippen LogP contribution in [0.4, 0.5) is 5.82 Å². The third kappa shape index (κ3) is 3.83. The number of hydrogen-bond acceptors (Lipinski definition) is 4. The molecule has 1 aliphatic heterocycles. The highest BCUT2D eigenvalue weighted by atomic mass is 35.5. The number of anilines is 1. The summed E-state index contributed by atoms with van der Waals surface area (Å²) in [6.07, 6.45) is 2.68. The van der Waals surface area contributed by atoms with Gasteiger partial charge >= 0.3 is 0 Å². The van der Waals surface area contributed by atoms with Crippen LogP contribution in [0.15, 0.2) is 12.1 Å². The van der Waals surface area contributed by atoms with Crippen LogP contribution in [0.3, 0.4) is 0 Å². The minimum atomic E-state index is 0.530. The van der Waals surface area contributed by atoms with Crippen molar-refractivity contribution in [2.45, 2.75) is 19.4 Å². The monoisotopic (exact) mass is 268 g/mol. The Morgan fingerprint density at radius 2 is 2.11 bits per heavy atom. The van der Waals surface area contributed by atoms with Gasteiger partial charge in [-0.3, -0.25) is 4.90 Å². The molecule has 1 saturated heterocycles. The van der Waals surface area contributed by atoms with E-state index in [9.17, 15) is 0 Å². The van der Waals surface area contributed by atoms with Crippen LogP contribution in [0.1, 0.15) is 18.5 Å². The zero-order valence-electron chi connectivity index (χ0n) is 10.9. The van der Waals surface area contributed by atoms with Gasteiger partial charge in [0.15, 0.2) is 0 Å². The van der Waals surface area contributed by atoms with Gasteiger partial charge in [0.05, 0.1) is 10.7 Å². The smallest absolute Gasteiger partial charge is 0.123 e. The van der Waals surface area contributed by atoms with Crippen LogP contribution in [-0.4, -0.2) is 48.0 Å². The van der Waals surface area contributed by atoms with Crippen molar-refractivity contribution in [1.82, 2.24) is 14.8 Å². The van der Waals surface area contributed by atoms with Gasteiger partial charge in [-0.25, -0.2) is 4.98 Å². The lowest BCUT2D eigenvalue weighted by molar-refractivity contribution is 0.251. The first-order chi connectivity index (χ1) is 8.65. The van der Waals surface area contributed by atoms with Crippen LogP contribution in [0.25, 0.3) is 0 Å². The van der Waals surface area contributed by atoms with Crippen molar-refractivity contribution in [3.05, 3.63) is 22.8 Å². The summed E-state index contributed by atoms with van der Waals surface area (Å²) in [5.74, 6) is 0.530. The van der Waals surface area contributed by atoms with Gasteiger partial charge in [-0.15, -0.1) is 0 Å². The maximum atomic E-state index is 6.11. The van der Waals surface area contributed by atoms with Gasteiger partial charge in [0.25, 0.3) is 0 Å². The normalized spacial score (nSPS) is 16.6. The number of nitrogens with two attached hydrogens (primary N) is 1. The van der Waals surface area contributed by atoms with Gasteiger partial charge in [-0.1, -0.05) is 11.6 Å². The van der Waals surface area contributed by atoms with Gasteiger partial charge in [0.1, 0.15) is 5.82 Å². The first-order valence-electron chi connectivity index (χ1n) is 6.47. The van der Waals surface area contributed by atoms with Gasteiger partial charge in [0.2, 0.25) is 0 Å². The summed E-state index contributed by atoms with van der Waals surface area (Å²) < 4.78 is 0. The van der Waals surface area contributed by atoms with Gasteiger partial charge in [0, 0.05) is 19.6 Å². The molecule has 1 aromatic rings. The largest absolute Gasteiger partial charge is 0.384 e. The van der Waals surface area contributed by atoms with E-state index in [0.29, 0.717) is 10.8 Å². The highest BCUT2D eigenvalue weighted by Crippen LogP contribution is 2.16. The Morgan fingerprint density at radius 1 is 1.39 bits per heavy atom. The average Bonchev–Trinajstić information content (AvgIpc) is 2.84. The molecule has 0 radical (unpaired) electrons. The minimum absolute atomic E-state index is 0.530. The van der Waals surface area contributed by atoms with E-state index in [4.69, 9.17) is 17.3 Å². The molecule has 100 valence electrons. The molecule has 0 amide bonds. The summed E-state index contributed by atoms with van der Waals surface area (Å²) in [4.78, 5) is 9.03. The van der Waals surface area contributed by atoms with E-state index >= 15 is 0 Å². The molecule has 4 nitrogen and oxygen atoms in total. The molecular formula is C13H21ClN4. The number of pyridine rings is 1. The van der Waals surface area contributed by atoms with Gasteiger partial charge in [-0.2, -0.15) is 0 Å². The molecule has 0 aliphatic carbocycles. The lowest BCUT2D eigenvalue weighted by Gasteiger charge is -2.21. The molecule has 1 aromatic heterocycles. The molecule has 2 N–H and O–H groups in total. The SMILES string of the molecule is CN(CCN1CCCC1)Cc1nc(N)ccc1Cl. The highest BCUT2D eigenvalue weighted by molar-refractivity contribution is 6.31. The number of aromatic nitrogens is 1. The topological polar surface area (TPSA) is 45.4 Å². The summed E-state index contributed by atoms with van der Waals surface area (Å²) in [7, 11) is 2.09. The van der Waals surface area contributed by atoms with Crippen molar-refractivity contribution < 1.29 is 0 Å². The minimum Gasteiger partial charge on any atom is -0.384 e. The van der Waals surface area contributed by atoms with Crippen LogP contribution in [0.5, 0.6) is 0 Å². The Kier molecular flexibility index (Phi) is 4.80. The second-order valence-electron chi connectivity index (χ2n) is 4.95. The number of hydrogen-bond donors (Lipinski definition) is 1. The third-order valence-corrected chi connectivity index (χ3v) is 3.70. The Balaban J connectivity index is 1.82. The molecular weight excluding hydrogens is 248 g/mol. The number of nitrogens with zero attached hydrogens (tertiary/aromatic N) is 3. The third-order valence-electron chi connectivity index (χ3n) is 3.36. The van der Waals surface area contributed by atoms with E-state index in [1.165, 1.54) is 25.9 Å². The zero-order valence-corrected chi connectivity index (χ0v) is 11.7. The predicted molar refractivity (Wildman–Crippen MR) is 75.7 cm³/mol. The zero-order chi connectivity index (χ0) is 13.0. The van der Waals surface area contributed by atoms with Crippen molar-refractivity contribution in [3.8, 4) is 0 Å². The van der Waals surface area contributed by atoms with Gasteiger partial charge < -0.3 is 10.6 Å². The fraction of sp³-hybridized carbons (Fsp3) is 0.615. The Labute approximate surface area is 114 Å². The lowest BCUT2D eigenvalue weighted by Crippen LogP contribution is -2.31. The van der Waals surface area contributed by atoms with Gasteiger partial charge in [-0.05, 0) is 45.1 Å². The van der Waals surface area contributed by atoms with E-state index in [-0.39, 0.29) is 0 Å².